The lowest BCUT2D eigenvalue weighted by Gasteiger charge is -2.07. The highest BCUT2D eigenvalue weighted by atomic mass is 28.3. The van der Waals surface area contributed by atoms with Gasteiger partial charge in [0.2, 0.25) is 0 Å². The molecule has 0 spiro atoms. The minimum absolute atomic E-state index is 1.02. The molecule has 0 bridgehead atoms. The molecule has 0 aromatic carbocycles. The van der Waals surface area contributed by atoms with Crippen molar-refractivity contribution in [2.45, 2.75) is 39.3 Å². The van der Waals surface area contributed by atoms with Gasteiger partial charge in [-0.3, -0.25) is 4.98 Å². The van der Waals surface area contributed by atoms with Crippen LogP contribution in [0.4, 0.5) is 0 Å². The summed E-state index contributed by atoms with van der Waals surface area (Å²) >= 11 is 0. The number of aromatic nitrogens is 1. The third kappa shape index (κ3) is 6.58. The van der Waals surface area contributed by atoms with Crippen LogP contribution in [0.5, 0.6) is 0 Å². The van der Waals surface area contributed by atoms with Crippen LogP contribution in [0.15, 0.2) is 24.0 Å². The van der Waals surface area contributed by atoms with Gasteiger partial charge in [-0.15, -0.1) is 5.54 Å². The summed E-state index contributed by atoms with van der Waals surface area (Å²) in [6.45, 7) is 13.7. The number of nitrogens with zero attached hydrogens (tertiary/aromatic N) is 1. The number of hydrogen-bond donors (Lipinski definition) is 0. The van der Waals surface area contributed by atoms with Crippen LogP contribution in [0.1, 0.15) is 11.3 Å². The summed E-state index contributed by atoms with van der Waals surface area (Å²) in [6, 6.07) is 4.11. The zero-order valence-electron chi connectivity index (χ0n) is 12.3. The molecule has 0 radical (unpaired) electrons. The van der Waals surface area contributed by atoms with Gasteiger partial charge in [-0.2, -0.15) is 0 Å². The molecule has 0 amide bonds. The van der Waals surface area contributed by atoms with Crippen LogP contribution in [0, 0.1) is 11.5 Å². The summed E-state index contributed by atoms with van der Waals surface area (Å²) in [7, 11) is -2.43. The molecular formula is C15H23NSi2. The van der Waals surface area contributed by atoms with Crippen molar-refractivity contribution in [3.63, 3.8) is 0 Å². The normalized spacial score (nSPS) is 12.3. The Bertz CT molecular complexity index is 476. The molecule has 0 aliphatic rings. The summed E-state index contributed by atoms with van der Waals surface area (Å²) < 4.78 is 0. The van der Waals surface area contributed by atoms with Gasteiger partial charge in [-0.25, -0.2) is 0 Å². The van der Waals surface area contributed by atoms with E-state index in [0.29, 0.717) is 0 Å². The Balaban J connectivity index is 2.80. The minimum Gasteiger partial charge on any atom is -0.256 e. The standard InChI is InChI=1S/C15H23NSi2/c1-17(2,3)11-9-14-7-8-15(16-13-14)10-12-18(4,5)6/h7-8,10,12-13H,1-6H3/b12-10-. The Labute approximate surface area is 113 Å². The van der Waals surface area contributed by atoms with Crippen molar-refractivity contribution in [1.82, 2.24) is 4.98 Å². The van der Waals surface area contributed by atoms with E-state index in [9.17, 15) is 0 Å². The third-order valence-corrected chi connectivity index (χ3v) is 4.16. The first kappa shape index (κ1) is 14.9. The van der Waals surface area contributed by atoms with Crippen molar-refractivity contribution in [1.29, 1.82) is 0 Å². The zero-order chi connectivity index (χ0) is 13.8. The van der Waals surface area contributed by atoms with Gasteiger partial charge in [0, 0.05) is 11.8 Å². The maximum atomic E-state index is 4.43. The van der Waals surface area contributed by atoms with Crippen LogP contribution in [0.2, 0.25) is 39.3 Å². The molecule has 0 N–H and O–H groups in total. The van der Waals surface area contributed by atoms with Gasteiger partial charge in [-0.1, -0.05) is 50.9 Å². The molecule has 1 rings (SSSR count). The molecule has 0 aliphatic heterocycles. The van der Waals surface area contributed by atoms with Gasteiger partial charge in [0.25, 0.3) is 0 Å². The Hall–Kier alpha value is -1.12. The van der Waals surface area contributed by atoms with E-state index in [1.165, 1.54) is 0 Å². The molecule has 0 saturated heterocycles. The van der Waals surface area contributed by atoms with Gasteiger partial charge in [0.15, 0.2) is 0 Å². The van der Waals surface area contributed by atoms with E-state index in [1.54, 1.807) is 0 Å². The van der Waals surface area contributed by atoms with E-state index in [2.05, 4.69) is 73.6 Å². The Morgan fingerprint density at radius 2 is 1.72 bits per heavy atom. The zero-order valence-corrected chi connectivity index (χ0v) is 14.3. The summed E-state index contributed by atoms with van der Waals surface area (Å²) in [6.07, 6.45) is 4.00. The summed E-state index contributed by atoms with van der Waals surface area (Å²) in [5.41, 5.74) is 7.70. The van der Waals surface area contributed by atoms with Crippen LogP contribution >= 0.6 is 0 Å². The van der Waals surface area contributed by atoms with E-state index in [4.69, 9.17) is 0 Å². The quantitative estimate of drug-likeness (QED) is 0.581. The maximum absolute atomic E-state index is 4.43. The largest absolute Gasteiger partial charge is 0.256 e. The number of pyridine rings is 1. The van der Waals surface area contributed by atoms with E-state index < -0.39 is 16.1 Å². The average molecular weight is 274 g/mol. The number of rotatable bonds is 2. The molecule has 1 heterocycles. The molecule has 96 valence electrons. The van der Waals surface area contributed by atoms with Crippen molar-refractivity contribution >= 4 is 22.2 Å². The molecule has 0 fully saturated rings. The van der Waals surface area contributed by atoms with Gasteiger partial charge < -0.3 is 0 Å². The molecule has 1 aromatic heterocycles. The van der Waals surface area contributed by atoms with Crippen molar-refractivity contribution in [3.05, 3.63) is 35.3 Å². The second-order valence-electron chi connectivity index (χ2n) is 6.67. The SMILES string of the molecule is C[Si](C)(C)C#Cc1ccc(/C=C\[Si](C)(C)C)nc1. The first-order chi connectivity index (χ1) is 8.16. The van der Waals surface area contributed by atoms with E-state index in [1.807, 2.05) is 12.3 Å². The summed E-state index contributed by atoms with van der Waals surface area (Å²) in [4.78, 5) is 4.43. The lowest BCUT2D eigenvalue weighted by atomic mass is 10.2. The topological polar surface area (TPSA) is 12.9 Å². The monoisotopic (exact) mass is 273 g/mol. The van der Waals surface area contributed by atoms with Gasteiger partial charge in [0.05, 0.1) is 13.8 Å². The van der Waals surface area contributed by atoms with Crippen LogP contribution in [0.3, 0.4) is 0 Å². The second-order valence-corrected chi connectivity index (χ2v) is 16.5. The molecule has 1 aromatic rings. The van der Waals surface area contributed by atoms with Crippen molar-refractivity contribution in [2.24, 2.45) is 0 Å². The molecular weight excluding hydrogens is 250 g/mol. The molecule has 0 atom stereocenters. The van der Waals surface area contributed by atoms with Gasteiger partial charge in [-0.05, 0) is 18.2 Å². The van der Waals surface area contributed by atoms with E-state index >= 15 is 0 Å². The van der Waals surface area contributed by atoms with E-state index in [-0.39, 0.29) is 0 Å². The van der Waals surface area contributed by atoms with Crippen molar-refractivity contribution in [3.8, 4) is 11.5 Å². The fourth-order valence-electron chi connectivity index (χ4n) is 1.17. The van der Waals surface area contributed by atoms with Crippen LogP contribution < -0.4 is 0 Å². The lowest BCUT2D eigenvalue weighted by molar-refractivity contribution is 1.28. The summed E-state index contributed by atoms with van der Waals surface area (Å²) in [5, 5.41) is 0. The van der Waals surface area contributed by atoms with Crippen LogP contribution in [-0.4, -0.2) is 21.1 Å². The number of hydrogen-bond acceptors (Lipinski definition) is 1. The fourth-order valence-corrected chi connectivity index (χ4v) is 2.36. The molecule has 18 heavy (non-hydrogen) atoms. The smallest absolute Gasteiger partial charge is 0.129 e. The molecule has 0 unspecified atom stereocenters. The van der Waals surface area contributed by atoms with Crippen molar-refractivity contribution in [2.75, 3.05) is 0 Å². The molecule has 0 aliphatic carbocycles. The average Bonchev–Trinajstić information content (AvgIpc) is 2.23. The second kappa shape index (κ2) is 5.68. The highest BCUT2D eigenvalue weighted by Gasteiger charge is 2.08. The van der Waals surface area contributed by atoms with E-state index in [0.717, 1.165) is 11.3 Å². The Morgan fingerprint density at radius 1 is 1.06 bits per heavy atom. The van der Waals surface area contributed by atoms with Gasteiger partial charge in [0.1, 0.15) is 8.07 Å². The minimum atomic E-state index is -1.29. The van der Waals surface area contributed by atoms with Gasteiger partial charge >= 0.3 is 0 Å². The lowest BCUT2D eigenvalue weighted by Crippen LogP contribution is -2.16. The van der Waals surface area contributed by atoms with Crippen molar-refractivity contribution < 1.29 is 0 Å². The molecule has 3 heteroatoms. The highest BCUT2D eigenvalue weighted by Crippen LogP contribution is 2.07. The first-order valence-corrected chi connectivity index (χ1v) is 13.4. The Morgan fingerprint density at radius 3 is 2.17 bits per heavy atom. The maximum Gasteiger partial charge on any atom is 0.129 e. The summed E-state index contributed by atoms with van der Waals surface area (Å²) in [5.74, 6) is 3.22. The molecule has 1 nitrogen and oxygen atoms in total. The predicted octanol–water partition coefficient (Wildman–Crippen LogP) is 4.20. The van der Waals surface area contributed by atoms with Crippen LogP contribution in [-0.2, 0) is 0 Å². The van der Waals surface area contributed by atoms with Crippen LogP contribution in [0.25, 0.3) is 6.08 Å². The first-order valence-electron chi connectivity index (χ1n) is 6.34. The molecule has 0 saturated carbocycles. The predicted molar refractivity (Wildman–Crippen MR) is 86.8 cm³/mol. The fraction of sp³-hybridized carbons (Fsp3) is 0.400. The highest BCUT2D eigenvalue weighted by molar-refractivity contribution is 6.84. The third-order valence-electron chi connectivity index (χ3n) is 2.12. The Kier molecular flexibility index (Phi) is 4.72.